The third kappa shape index (κ3) is 2.54. The molecule has 0 bridgehead atoms. The highest BCUT2D eigenvalue weighted by Crippen LogP contribution is 2.30. The summed E-state index contributed by atoms with van der Waals surface area (Å²) in [7, 11) is 0. The molecule has 0 radical (unpaired) electrons. The Hall–Kier alpha value is -1.51. The molecule has 1 rings (SSSR count). The Labute approximate surface area is 96.3 Å². The van der Waals surface area contributed by atoms with E-state index in [1.807, 2.05) is 32.9 Å². The number of aliphatic carboxylic acids is 1. The summed E-state index contributed by atoms with van der Waals surface area (Å²) in [5.41, 5.74) is 9.35. The highest BCUT2D eigenvalue weighted by Gasteiger charge is 2.21. The fourth-order valence-electron chi connectivity index (χ4n) is 2.00. The number of aryl methyl sites for hydroxylation is 2. The summed E-state index contributed by atoms with van der Waals surface area (Å²) in [6, 6.07) is 3.86. The van der Waals surface area contributed by atoms with Gasteiger partial charge in [-0.2, -0.15) is 0 Å². The van der Waals surface area contributed by atoms with Gasteiger partial charge in [-0.25, -0.2) is 0 Å². The Balaban J connectivity index is 3.23. The van der Waals surface area contributed by atoms with Gasteiger partial charge in [0.1, 0.15) is 0 Å². The zero-order chi connectivity index (χ0) is 12.3. The summed E-state index contributed by atoms with van der Waals surface area (Å²) in [6.07, 6.45) is 1.46. The van der Waals surface area contributed by atoms with Crippen LogP contribution in [0.25, 0.3) is 0 Å². The smallest absolute Gasteiger partial charge is 0.311 e. The fraction of sp³-hybridized carbons (Fsp3) is 0.462. The van der Waals surface area contributed by atoms with Crippen LogP contribution in [0, 0.1) is 13.8 Å². The van der Waals surface area contributed by atoms with Crippen LogP contribution in [-0.2, 0) is 4.79 Å². The summed E-state index contributed by atoms with van der Waals surface area (Å²) in [6.45, 7) is 5.85. The first kappa shape index (κ1) is 12.6. The largest absolute Gasteiger partial charge is 0.481 e. The van der Waals surface area contributed by atoms with E-state index in [9.17, 15) is 9.90 Å². The lowest BCUT2D eigenvalue weighted by Crippen LogP contribution is -2.14. The van der Waals surface area contributed by atoms with E-state index in [4.69, 9.17) is 5.73 Å². The summed E-state index contributed by atoms with van der Waals surface area (Å²) in [4.78, 5) is 11.2. The quantitative estimate of drug-likeness (QED) is 0.768. The zero-order valence-corrected chi connectivity index (χ0v) is 10.1. The highest BCUT2D eigenvalue weighted by atomic mass is 16.4. The van der Waals surface area contributed by atoms with Gasteiger partial charge in [-0.05, 0) is 31.4 Å². The minimum atomic E-state index is -0.793. The number of carboxylic acid groups (broad SMARTS) is 1. The third-order valence-electron chi connectivity index (χ3n) is 2.81. The lowest BCUT2D eigenvalue weighted by atomic mass is 9.90. The predicted molar refractivity (Wildman–Crippen MR) is 65.6 cm³/mol. The molecule has 0 aliphatic heterocycles. The predicted octanol–water partition coefficient (Wildman–Crippen LogP) is 2.85. The lowest BCUT2D eigenvalue weighted by Gasteiger charge is -2.16. The summed E-state index contributed by atoms with van der Waals surface area (Å²) in [5.74, 6) is -1.28. The maximum absolute atomic E-state index is 11.2. The molecule has 0 spiro atoms. The third-order valence-corrected chi connectivity index (χ3v) is 2.81. The van der Waals surface area contributed by atoms with Crippen molar-refractivity contribution in [1.29, 1.82) is 0 Å². The molecule has 1 aromatic rings. The lowest BCUT2D eigenvalue weighted by molar-refractivity contribution is -0.139. The van der Waals surface area contributed by atoms with Gasteiger partial charge < -0.3 is 10.8 Å². The Morgan fingerprint density at radius 3 is 2.56 bits per heavy atom. The van der Waals surface area contributed by atoms with Gasteiger partial charge >= 0.3 is 5.97 Å². The maximum atomic E-state index is 11.2. The number of hydrogen-bond donors (Lipinski definition) is 2. The first-order valence-corrected chi connectivity index (χ1v) is 5.56. The van der Waals surface area contributed by atoms with Crippen LogP contribution in [-0.4, -0.2) is 11.1 Å². The van der Waals surface area contributed by atoms with Crippen molar-refractivity contribution in [2.24, 2.45) is 0 Å². The maximum Gasteiger partial charge on any atom is 0.311 e. The van der Waals surface area contributed by atoms with Crippen molar-refractivity contribution in [3.63, 3.8) is 0 Å². The number of hydrogen-bond acceptors (Lipinski definition) is 2. The fourth-order valence-corrected chi connectivity index (χ4v) is 2.00. The number of carboxylic acids is 1. The summed E-state index contributed by atoms with van der Waals surface area (Å²) >= 11 is 0. The molecule has 3 heteroatoms. The molecular formula is C13H19NO2. The Kier molecular flexibility index (Phi) is 3.93. The Morgan fingerprint density at radius 1 is 1.44 bits per heavy atom. The standard InChI is InChI=1S/C13H19NO2/c1-4-5-10(13(15)16)11-7-8(2)6-9(3)12(11)14/h6-7,10H,4-5,14H2,1-3H3,(H,15,16). The summed E-state index contributed by atoms with van der Waals surface area (Å²) < 4.78 is 0. The van der Waals surface area contributed by atoms with E-state index >= 15 is 0 Å². The Morgan fingerprint density at radius 2 is 2.06 bits per heavy atom. The topological polar surface area (TPSA) is 63.3 Å². The zero-order valence-electron chi connectivity index (χ0n) is 10.1. The second-order valence-corrected chi connectivity index (χ2v) is 4.26. The summed E-state index contributed by atoms with van der Waals surface area (Å²) in [5, 5.41) is 9.21. The molecule has 0 aliphatic carbocycles. The minimum absolute atomic E-state index is 0.483. The van der Waals surface area contributed by atoms with Crippen LogP contribution in [0.4, 0.5) is 5.69 Å². The first-order valence-electron chi connectivity index (χ1n) is 5.56. The van der Waals surface area contributed by atoms with Crippen LogP contribution in [0.2, 0.25) is 0 Å². The molecule has 0 saturated heterocycles. The van der Waals surface area contributed by atoms with Gasteiger partial charge in [-0.3, -0.25) is 4.79 Å². The highest BCUT2D eigenvalue weighted by molar-refractivity contribution is 5.79. The number of nitrogen functional groups attached to an aromatic ring is 1. The SMILES string of the molecule is CCCC(C(=O)O)c1cc(C)cc(C)c1N. The van der Waals surface area contributed by atoms with E-state index in [2.05, 4.69) is 0 Å². The average Bonchev–Trinajstić information content (AvgIpc) is 2.20. The molecule has 0 saturated carbocycles. The number of rotatable bonds is 4. The van der Waals surface area contributed by atoms with Gasteiger partial charge in [0, 0.05) is 5.69 Å². The Bertz CT molecular complexity index is 399. The van der Waals surface area contributed by atoms with Crippen molar-refractivity contribution in [3.8, 4) is 0 Å². The minimum Gasteiger partial charge on any atom is -0.481 e. The van der Waals surface area contributed by atoms with Gasteiger partial charge in [0.15, 0.2) is 0 Å². The normalized spacial score (nSPS) is 12.4. The van der Waals surface area contributed by atoms with E-state index in [0.29, 0.717) is 12.1 Å². The average molecular weight is 221 g/mol. The van der Waals surface area contributed by atoms with Gasteiger partial charge in [0.2, 0.25) is 0 Å². The van der Waals surface area contributed by atoms with Crippen LogP contribution < -0.4 is 5.73 Å². The number of anilines is 1. The van der Waals surface area contributed by atoms with Crippen LogP contribution in [0.3, 0.4) is 0 Å². The van der Waals surface area contributed by atoms with Crippen molar-refractivity contribution in [2.45, 2.75) is 39.5 Å². The molecule has 88 valence electrons. The molecule has 0 fully saturated rings. The van der Waals surface area contributed by atoms with Crippen LogP contribution in [0.15, 0.2) is 12.1 Å². The van der Waals surface area contributed by atoms with E-state index < -0.39 is 11.9 Å². The monoisotopic (exact) mass is 221 g/mol. The van der Waals surface area contributed by atoms with Gasteiger partial charge in [-0.15, -0.1) is 0 Å². The molecule has 3 N–H and O–H groups in total. The molecule has 1 aromatic carbocycles. The molecule has 0 amide bonds. The molecule has 1 atom stereocenters. The van der Waals surface area contributed by atoms with E-state index in [-0.39, 0.29) is 0 Å². The van der Waals surface area contributed by atoms with Crippen molar-refractivity contribution in [2.75, 3.05) is 5.73 Å². The second-order valence-electron chi connectivity index (χ2n) is 4.26. The van der Waals surface area contributed by atoms with Crippen molar-refractivity contribution >= 4 is 11.7 Å². The van der Waals surface area contributed by atoms with Gasteiger partial charge in [0.05, 0.1) is 5.92 Å². The molecular weight excluding hydrogens is 202 g/mol. The first-order chi connectivity index (χ1) is 7.47. The molecule has 0 heterocycles. The van der Waals surface area contributed by atoms with E-state index in [1.165, 1.54) is 0 Å². The van der Waals surface area contributed by atoms with Gasteiger partial charge in [-0.1, -0.05) is 31.0 Å². The number of benzene rings is 1. The number of carbonyl (C=O) groups is 1. The van der Waals surface area contributed by atoms with Crippen molar-refractivity contribution < 1.29 is 9.90 Å². The molecule has 3 nitrogen and oxygen atoms in total. The van der Waals surface area contributed by atoms with Crippen LogP contribution in [0.1, 0.15) is 42.4 Å². The van der Waals surface area contributed by atoms with Crippen molar-refractivity contribution in [1.82, 2.24) is 0 Å². The van der Waals surface area contributed by atoms with Gasteiger partial charge in [0.25, 0.3) is 0 Å². The molecule has 0 aliphatic rings. The molecule has 0 aromatic heterocycles. The van der Waals surface area contributed by atoms with Crippen LogP contribution >= 0.6 is 0 Å². The van der Waals surface area contributed by atoms with E-state index in [0.717, 1.165) is 23.1 Å². The van der Waals surface area contributed by atoms with E-state index in [1.54, 1.807) is 0 Å². The van der Waals surface area contributed by atoms with Crippen LogP contribution in [0.5, 0.6) is 0 Å². The second kappa shape index (κ2) is 5.01. The van der Waals surface area contributed by atoms with Crippen molar-refractivity contribution in [3.05, 3.63) is 28.8 Å². The molecule has 16 heavy (non-hydrogen) atoms. The number of nitrogens with two attached hydrogens (primary N) is 1. The molecule has 1 unspecified atom stereocenters.